The zero-order valence-electron chi connectivity index (χ0n) is 14.5. The third-order valence-corrected chi connectivity index (χ3v) is 4.32. The van der Waals surface area contributed by atoms with Crippen LogP contribution in [0.3, 0.4) is 0 Å². The van der Waals surface area contributed by atoms with Gasteiger partial charge < -0.3 is 14.6 Å². The summed E-state index contributed by atoms with van der Waals surface area (Å²) < 4.78 is 6.91. The van der Waals surface area contributed by atoms with Gasteiger partial charge in [0.2, 0.25) is 0 Å². The van der Waals surface area contributed by atoms with Crippen LogP contribution < -0.4 is 10.2 Å². The average Bonchev–Trinajstić information content (AvgIpc) is 3.34. The molecule has 2 heterocycles. The molecular weight excluding hydrogens is 344 g/mol. The Kier molecular flexibility index (Phi) is 4.57. The molecule has 1 aliphatic rings. The fraction of sp³-hybridized carbons (Fsp3) is 0.150. The standard InChI is InChI=1S/C20H18N4O3/c25-19(16-6-4-15(5-7-16)13-23-9-8-21-14-23)22-17-2-1-3-18(12-17)24-10-11-27-20(24)26/h1-9,12,14H,10-11,13H2,(H,22,25). The van der Waals surface area contributed by atoms with E-state index in [2.05, 4.69) is 10.3 Å². The molecule has 7 nitrogen and oxygen atoms in total. The minimum absolute atomic E-state index is 0.203. The number of carbonyl (C=O) groups excluding carboxylic acids is 2. The molecule has 1 saturated heterocycles. The molecule has 136 valence electrons. The molecule has 0 saturated carbocycles. The highest BCUT2D eigenvalue weighted by Gasteiger charge is 2.23. The van der Waals surface area contributed by atoms with Gasteiger partial charge in [-0.15, -0.1) is 0 Å². The molecule has 2 aromatic carbocycles. The summed E-state index contributed by atoms with van der Waals surface area (Å²) in [6, 6.07) is 14.6. The lowest BCUT2D eigenvalue weighted by atomic mass is 10.1. The van der Waals surface area contributed by atoms with Gasteiger partial charge in [0.05, 0.1) is 12.9 Å². The molecule has 1 fully saturated rings. The Labute approximate surface area is 156 Å². The highest BCUT2D eigenvalue weighted by molar-refractivity contribution is 6.04. The van der Waals surface area contributed by atoms with Gasteiger partial charge in [-0.25, -0.2) is 9.78 Å². The van der Waals surface area contributed by atoms with E-state index in [9.17, 15) is 9.59 Å². The minimum atomic E-state index is -0.369. The van der Waals surface area contributed by atoms with E-state index in [0.717, 1.165) is 5.56 Å². The smallest absolute Gasteiger partial charge is 0.414 e. The molecule has 0 spiro atoms. The highest BCUT2D eigenvalue weighted by Crippen LogP contribution is 2.23. The molecule has 3 aromatic rings. The molecule has 2 amide bonds. The second-order valence-electron chi connectivity index (χ2n) is 6.20. The van der Waals surface area contributed by atoms with E-state index in [0.29, 0.717) is 36.6 Å². The Morgan fingerprint density at radius 1 is 1.19 bits per heavy atom. The monoisotopic (exact) mass is 362 g/mol. The number of amides is 2. The van der Waals surface area contributed by atoms with Gasteiger partial charge in [-0.05, 0) is 35.9 Å². The third-order valence-electron chi connectivity index (χ3n) is 4.32. The fourth-order valence-electron chi connectivity index (χ4n) is 2.94. The number of nitrogens with zero attached hydrogens (tertiary/aromatic N) is 3. The lowest BCUT2D eigenvalue weighted by Crippen LogP contribution is -2.23. The molecule has 1 aliphatic heterocycles. The third kappa shape index (κ3) is 3.82. The normalized spacial score (nSPS) is 13.5. The topological polar surface area (TPSA) is 76.5 Å². The number of aromatic nitrogens is 2. The van der Waals surface area contributed by atoms with Gasteiger partial charge in [-0.3, -0.25) is 9.69 Å². The molecule has 0 radical (unpaired) electrons. The van der Waals surface area contributed by atoms with Crippen LogP contribution in [0.1, 0.15) is 15.9 Å². The first-order valence-electron chi connectivity index (χ1n) is 8.59. The Balaban J connectivity index is 1.43. The van der Waals surface area contributed by atoms with Crippen molar-refractivity contribution in [2.45, 2.75) is 6.54 Å². The van der Waals surface area contributed by atoms with Crippen molar-refractivity contribution in [3.63, 3.8) is 0 Å². The number of benzene rings is 2. The fourth-order valence-corrected chi connectivity index (χ4v) is 2.94. The first-order chi connectivity index (χ1) is 13.2. The summed E-state index contributed by atoms with van der Waals surface area (Å²) in [5.74, 6) is -0.203. The van der Waals surface area contributed by atoms with Crippen LogP contribution in [0.5, 0.6) is 0 Å². The van der Waals surface area contributed by atoms with Crippen LogP contribution in [0.25, 0.3) is 0 Å². The summed E-state index contributed by atoms with van der Waals surface area (Å²) in [4.78, 5) is 29.8. The Morgan fingerprint density at radius 2 is 2.04 bits per heavy atom. The lowest BCUT2D eigenvalue weighted by molar-refractivity contribution is 0.102. The van der Waals surface area contributed by atoms with Crippen LogP contribution in [-0.2, 0) is 11.3 Å². The average molecular weight is 362 g/mol. The van der Waals surface area contributed by atoms with E-state index >= 15 is 0 Å². The van der Waals surface area contributed by atoms with Gasteiger partial charge in [0.1, 0.15) is 6.61 Å². The first kappa shape index (κ1) is 16.8. The van der Waals surface area contributed by atoms with Crippen LogP contribution in [0.2, 0.25) is 0 Å². The molecule has 1 aromatic heterocycles. The number of rotatable bonds is 5. The summed E-state index contributed by atoms with van der Waals surface area (Å²) in [6.07, 6.45) is 5.01. The number of ether oxygens (including phenoxy) is 1. The van der Waals surface area contributed by atoms with Gasteiger partial charge >= 0.3 is 6.09 Å². The predicted molar refractivity (Wildman–Crippen MR) is 101 cm³/mol. The van der Waals surface area contributed by atoms with Gasteiger partial charge in [0.25, 0.3) is 5.91 Å². The van der Waals surface area contributed by atoms with Gasteiger partial charge in [0, 0.05) is 35.9 Å². The van der Waals surface area contributed by atoms with Gasteiger partial charge in [0.15, 0.2) is 0 Å². The van der Waals surface area contributed by atoms with E-state index < -0.39 is 0 Å². The minimum Gasteiger partial charge on any atom is -0.447 e. The van der Waals surface area contributed by atoms with Crippen molar-refractivity contribution in [1.82, 2.24) is 9.55 Å². The van der Waals surface area contributed by atoms with Crippen LogP contribution in [-0.4, -0.2) is 34.7 Å². The molecule has 0 unspecified atom stereocenters. The van der Waals surface area contributed by atoms with Crippen LogP contribution in [0.15, 0.2) is 67.3 Å². The molecular formula is C20H18N4O3. The summed E-state index contributed by atoms with van der Waals surface area (Å²) in [7, 11) is 0. The predicted octanol–water partition coefficient (Wildman–Crippen LogP) is 3.14. The van der Waals surface area contributed by atoms with Crippen molar-refractivity contribution < 1.29 is 14.3 Å². The van der Waals surface area contributed by atoms with Crippen molar-refractivity contribution in [2.24, 2.45) is 0 Å². The number of nitrogens with one attached hydrogen (secondary N) is 1. The number of imidazole rings is 1. The number of carbonyl (C=O) groups is 2. The van der Waals surface area contributed by atoms with Crippen LogP contribution >= 0.6 is 0 Å². The summed E-state index contributed by atoms with van der Waals surface area (Å²) in [5, 5.41) is 2.87. The molecule has 0 aliphatic carbocycles. The zero-order chi connectivity index (χ0) is 18.6. The Morgan fingerprint density at radius 3 is 2.74 bits per heavy atom. The summed E-state index contributed by atoms with van der Waals surface area (Å²) >= 11 is 0. The number of hydrogen-bond donors (Lipinski definition) is 1. The first-order valence-corrected chi connectivity index (χ1v) is 8.59. The largest absolute Gasteiger partial charge is 0.447 e. The second kappa shape index (κ2) is 7.33. The quantitative estimate of drug-likeness (QED) is 0.756. The zero-order valence-corrected chi connectivity index (χ0v) is 14.5. The van der Waals surface area contributed by atoms with E-state index in [1.807, 2.05) is 29.0 Å². The maximum absolute atomic E-state index is 12.5. The van der Waals surface area contributed by atoms with Crippen LogP contribution in [0.4, 0.5) is 16.2 Å². The molecule has 27 heavy (non-hydrogen) atoms. The van der Waals surface area contributed by atoms with E-state index in [4.69, 9.17) is 4.74 Å². The van der Waals surface area contributed by atoms with E-state index in [1.165, 1.54) is 0 Å². The van der Waals surface area contributed by atoms with Gasteiger partial charge in [-0.2, -0.15) is 0 Å². The van der Waals surface area contributed by atoms with Crippen molar-refractivity contribution in [3.8, 4) is 0 Å². The summed E-state index contributed by atoms with van der Waals surface area (Å²) in [5.41, 5.74) is 2.97. The van der Waals surface area contributed by atoms with Crippen molar-refractivity contribution >= 4 is 23.4 Å². The van der Waals surface area contributed by atoms with Crippen molar-refractivity contribution in [2.75, 3.05) is 23.4 Å². The second-order valence-corrected chi connectivity index (χ2v) is 6.20. The van der Waals surface area contributed by atoms with Crippen molar-refractivity contribution in [1.29, 1.82) is 0 Å². The molecule has 1 N–H and O–H groups in total. The van der Waals surface area contributed by atoms with Crippen LogP contribution in [0, 0.1) is 0 Å². The molecule has 0 bridgehead atoms. The lowest BCUT2D eigenvalue weighted by Gasteiger charge is -2.14. The van der Waals surface area contributed by atoms with Gasteiger partial charge in [-0.1, -0.05) is 18.2 Å². The molecule has 0 atom stereocenters. The Bertz CT molecular complexity index is 952. The maximum Gasteiger partial charge on any atom is 0.414 e. The molecule has 4 rings (SSSR count). The summed E-state index contributed by atoms with van der Waals surface area (Å²) in [6.45, 7) is 1.59. The number of cyclic esters (lactones) is 1. The maximum atomic E-state index is 12.5. The van der Waals surface area contributed by atoms with Crippen molar-refractivity contribution in [3.05, 3.63) is 78.4 Å². The Hall–Kier alpha value is -3.61. The SMILES string of the molecule is O=C(Nc1cccc(N2CCOC2=O)c1)c1ccc(Cn2ccnc2)cc1. The molecule has 7 heteroatoms. The number of hydrogen-bond acceptors (Lipinski definition) is 4. The van der Waals surface area contributed by atoms with E-state index in [1.54, 1.807) is 47.8 Å². The van der Waals surface area contributed by atoms with E-state index in [-0.39, 0.29) is 12.0 Å². The highest BCUT2D eigenvalue weighted by atomic mass is 16.6. The number of anilines is 2.